The van der Waals surface area contributed by atoms with Crippen LogP contribution in [0.3, 0.4) is 0 Å². The molecule has 84 valence electrons. The smallest absolute Gasteiger partial charge is 0.338 e. The molecular formula is C11H12N2O3. The van der Waals surface area contributed by atoms with Gasteiger partial charge in [-0.05, 0) is 17.7 Å². The predicted octanol–water partition coefficient (Wildman–Crippen LogP) is 0.812. The number of ether oxygens (including phenoxy) is 2. The Kier molecular flexibility index (Phi) is 3.86. The van der Waals surface area contributed by atoms with Crippen LogP contribution in [0.15, 0.2) is 12.1 Å². The molecule has 0 aliphatic rings. The van der Waals surface area contributed by atoms with E-state index in [9.17, 15) is 4.79 Å². The van der Waals surface area contributed by atoms with Gasteiger partial charge in [-0.3, -0.25) is 0 Å². The number of rotatable bonds is 3. The molecule has 2 N–H and O–H groups in total. The molecule has 5 nitrogen and oxygen atoms in total. The van der Waals surface area contributed by atoms with Crippen molar-refractivity contribution in [3.63, 3.8) is 0 Å². The SMILES string of the molecule is COC(=O)c1cc(OC)cc(C#N)c1CN. The van der Waals surface area contributed by atoms with E-state index in [-0.39, 0.29) is 12.1 Å². The highest BCUT2D eigenvalue weighted by atomic mass is 16.5. The Morgan fingerprint density at radius 1 is 1.50 bits per heavy atom. The Balaban J connectivity index is 3.44. The number of benzene rings is 1. The maximum absolute atomic E-state index is 11.5. The average Bonchev–Trinajstić information content (AvgIpc) is 2.35. The standard InChI is InChI=1S/C11H12N2O3/c1-15-8-3-7(5-12)10(6-13)9(4-8)11(14)16-2/h3-4H,6,13H2,1-2H3. The lowest BCUT2D eigenvalue weighted by atomic mass is 10.0. The monoisotopic (exact) mass is 220 g/mol. The van der Waals surface area contributed by atoms with Gasteiger partial charge in [0.25, 0.3) is 0 Å². The second-order valence-electron chi connectivity index (χ2n) is 3.01. The molecule has 0 saturated heterocycles. The Hall–Kier alpha value is -2.06. The van der Waals surface area contributed by atoms with Gasteiger partial charge in [0.15, 0.2) is 0 Å². The summed E-state index contributed by atoms with van der Waals surface area (Å²) in [6.45, 7) is 0.0946. The van der Waals surface area contributed by atoms with Crippen molar-refractivity contribution in [3.8, 4) is 11.8 Å². The molecule has 1 aromatic rings. The van der Waals surface area contributed by atoms with Gasteiger partial charge in [0.2, 0.25) is 0 Å². The molecule has 0 atom stereocenters. The van der Waals surface area contributed by atoms with Crippen LogP contribution < -0.4 is 10.5 Å². The predicted molar refractivity (Wildman–Crippen MR) is 56.9 cm³/mol. The molecule has 0 unspecified atom stereocenters. The van der Waals surface area contributed by atoms with Gasteiger partial charge in [-0.25, -0.2) is 4.79 Å². The molecular weight excluding hydrogens is 208 g/mol. The van der Waals surface area contributed by atoms with Crippen LogP contribution in [0, 0.1) is 11.3 Å². The van der Waals surface area contributed by atoms with E-state index in [0.717, 1.165) is 0 Å². The number of nitrogens with zero attached hydrogens (tertiary/aromatic N) is 1. The van der Waals surface area contributed by atoms with Crippen LogP contribution in [0.2, 0.25) is 0 Å². The third-order valence-corrected chi connectivity index (χ3v) is 2.19. The maximum atomic E-state index is 11.5. The topological polar surface area (TPSA) is 85.3 Å². The molecule has 0 saturated carbocycles. The van der Waals surface area contributed by atoms with Gasteiger partial charge < -0.3 is 15.2 Å². The highest BCUT2D eigenvalue weighted by molar-refractivity contribution is 5.92. The lowest BCUT2D eigenvalue weighted by molar-refractivity contribution is 0.0599. The van der Waals surface area contributed by atoms with Crippen LogP contribution in [0.1, 0.15) is 21.5 Å². The third-order valence-electron chi connectivity index (χ3n) is 2.19. The largest absolute Gasteiger partial charge is 0.497 e. The summed E-state index contributed by atoms with van der Waals surface area (Å²) in [5, 5.41) is 8.94. The molecule has 0 amide bonds. The number of nitriles is 1. The molecule has 0 aromatic heterocycles. The number of esters is 1. The molecule has 16 heavy (non-hydrogen) atoms. The molecule has 0 bridgehead atoms. The molecule has 0 aliphatic carbocycles. The fourth-order valence-electron chi connectivity index (χ4n) is 1.38. The van der Waals surface area contributed by atoms with Gasteiger partial charge >= 0.3 is 5.97 Å². The Morgan fingerprint density at radius 3 is 2.62 bits per heavy atom. The van der Waals surface area contributed by atoms with Crippen LogP contribution in [0.25, 0.3) is 0 Å². The van der Waals surface area contributed by atoms with Crippen LogP contribution in [-0.2, 0) is 11.3 Å². The first kappa shape index (κ1) is 12.0. The lowest BCUT2D eigenvalue weighted by Gasteiger charge is -2.10. The first-order chi connectivity index (χ1) is 7.67. The summed E-state index contributed by atoms with van der Waals surface area (Å²) in [4.78, 5) is 11.5. The molecule has 5 heteroatoms. The van der Waals surface area contributed by atoms with Crippen LogP contribution in [-0.4, -0.2) is 20.2 Å². The van der Waals surface area contributed by atoms with E-state index in [1.165, 1.54) is 26.4 Å². The van der Waals surface area contributed by atoms with Crippen molar-refractivity contribution < 1.29 is 14.3 Å². The van der Waals surface area contributed by atoms with Gasteiger partial charge in [0.1, 0.15) is 5.75 Å². The second kappa shape index (κ2) is 5.14. The van der Waals surface area contributed by atoms with Gasteiger partial charge in [0.05, 0.1) is 31.4 Å². The summed E-state index contributed by atoms with van der Waals surface area (Å²) in [7, 11) is 2.73. The summed E-state index contributed by atoms with van der Waals surface area (Å²) >= 11 is 0. The van der Waals surface area contributed by atoms with Crippen LogP contribution in [0.5, 0.6) is 5.75 Å². The molecule has 0 spiro atoms. The molecule has 1 rings (SSSR count). The van der Waals surface area contributed by atoms with Gasteiger partial charge in [-0.2, -0.15) is 5.26 Å². The number of nitrogens with two attached hydrogens (primary N) is 1. The average molecular weight is 220 g/mol. The highest BCUT2D eigenvalue weighted by Crippen LogP contribution is 2.22. The van der Waals surface area contributed by atoms with E-state index >= 15 is 0 Å². The highest BCUT2D eigenvalue weighted by Gasteiger charge is 2.16. The van der Waals surface area contributed by atoms with Crippen molar-refractivity contribution in [1.82, 2.24) is 0 Å². The zero-order chi connectivity index (χ0) is 12.1. The zero-order valence-electron chi connectivity index (χ0n) is 9.11. The van der Waals surface area contributed by atoms with E-state index in [4.69, 9.17) is 15.7 Å². The summed E-state index contributed by atoms with van der Waals surface area (Å²) in [6, 6.07) is 5.02. The van der Waals surface area contributed by atoms with Gasteiger partial charge in [0, 0.05) is 6.54 Å². The quantitative estimate of drug-likeness (QED) is 0.762. The van der Waals surface area contributed by atoms with Gasteiger partial charge in [-0.1, -0.05) is 0 Å². The number of hydrogen-bond acceptors (Lipinski definition) is 5. The Bertz CT molecular complexity index is 449. The maximum Gasteiger partial charge on any atom is 0.338 e. The van der Waals surface area contributed by atoms with Crippen molar-refractivity contribution in [1.29, 1.82) is 5.26 Å². The molecule has 0 radical (unpaired) electrons. The minimum Gasteiger partial charge on any atom is -0.497 e. The van der Waals surface area contributed by atoms with Crippen molar-refractivity contribution in [2.45, 2.75) is 6.54 Å². The lowest BCUT2D eigenvalue weighted by Crippen LogP contribution is -2.11. The van der Waals surface area contributed by atoms with Crippen LogP contribution in [0.4, 0.5) is 0 Å². The number of carbonyl (C=O) groups excluding carboxylic acids is 1. The van der Waals surface area contributed by atoms with E-state index in [1.54, 1.807) is 0 Å². The number of carbonyl (C=O) groups is 1. The zero-order valence-corrected chi connectivity index (χ0v) is 9.11. The van der Waals surface area contributed by atoms with E-state index in [2.05, 4.69) is 4.74 Å². The second-order valence-corrected chi connectivity index (χ2v) is 3.01. The molecule has 0 heterocycles. The minimum atomic E-state index is -0.532. The van der Waals surface area contributed by atoms with Gasteiger partial charge in [-0.15, -0.1) is 0 Å². The first-order valence-electron chi connectivity index (χ1n) is 4.57. The first-order valence-corrected chi connectivity index (χ1v) is 4.57. The molecule has 1 aromatic carbocycles. The number of hydrogen-bond donors (Lipinski definition) is 1. The van der Waals surface area contributed by atoms with Crippen molar-refractivity contribution >= 4 is 5.97 Å². The van der Waals surface area contributed by atoms with E-state index in [1.807, 2.05) is 6.07 Å². The minimum absolute atomic E-state index is 0.0946. The Labute approximate surface area is 93.4 Å². The van der Waals surface area contributed by atoms with Crippen molar-refractivity contribution in [2.24, 2.45) is 5.73 Å². The summed E-state index contributed by atoms with van der Waals surface area (Å²) in [5.74, 6) is -0.106. The van der Waals surface area contributed by atoms with E-state index < -0.39 is 5.97 Å². The summed E-state index contributed by atoms with van der Waals surface area (Å²) < 4.78 is 9.61. The van der Waals surface area contributed by atoms with Crippen LogP contribution >= 0.6 is 0 Å². The molecule has 0 fully saturated rings. The Morgan fingerprint density at radius 2 is 2.19 bits per heavy atom. The van der Waals surface area contributed by atoms with Crippen molar-refractivity contribution in [3.05, 3.63) is 28.8 Å². The third kappa shape index (κ3) is 2.12. The normalized spacial score (nSPS) is 9.38. The fraction of sp³-hybridized carbons (Fsp3) is 0.273. The summed E-state index contributed by atoms with van der Waals surface area (Å²) in [5.41, 5.74) is 6.57. The molecule has 0 aliphatic heterocycles. The van der Waals surface area contributed by atoms with Crippen molar-refractivity contribution in [2.75, 3.05) is 14.2 Å². The summed E-state index contributed by atoms with van der Waals surface area (Å²) in [6.07, 6.45) is 0. The fourth-order valence-corrected chi connectivity index (χ4v) is 1.38. The van der Waals surface area contributed by atoms with E-state index in [0.29, 0.717) is 16.9 Å². The number of methoxy groups -OCH3 is 2.